The molecule has 0 aromatic carbocycles. The molecule has 0 aliphatic rings. The minimum absolute atomic E-state index is 0.343. The molecule has 7 heteroatoms. The SMILES string of the molecule is COCCCCNc1ccc(C(F)(F)F)nn1. The monoisotopic (exact) mass is 249 g/mol. The smallest absolute Gasteiger partial charge is 0.385 e. The van der Waals surface area contributed by atoms with E-state index in [-0.39, 0.29) is 0 Å². The van der Waals surface area contributed by atoms with Crippen molar-refractivity contribution in [3.63, 3.8) is 0 Å². The Morgan fingerprint density at radius 2 is 2.00 bits per heavy atom. The summed E-state index contributed by atoms with van der Waals surface area (Å²) in [4.78, 5) is 0. The second-order valence-corrected chi connectivity index (χ2v) is 3.43. The molecule has 96 valence electrons. The molecule has 0 spiro atoms. The summed E-state index contributed by atoms with van der Waals surface area (Å²) in [5, 5.41) is 9.44. The largest absolute Gasteiger partial charge is 0.435 e. The van der Waals surface area contributed by atoms with E-state index in [4.69, 9.17) is 4.74 Å². The van der Waals surface area contributed by atoms with E-state index in [1.54, 1.807) is 7.11 Å². The average Bonchev–Trinajstić information content (AvgIpc) is 2.28. The van der Waals surface area contributed by atoms with Crippen molar-refractivity contribution in [2.24, 2.45) is 0 Å². The molecule has 1 rings (SSSR count). The van der Waals surface area contributed by atoms with Crippen LogP contribution < -0.4 is 5.32 Å². The van der Waals surface area contributed by atoms with Gasteiger partial charge in [0.1, 0.15) is 5.82 Å². The van der Waals surface area contributed by atoms with Crippen LogP contribution in [0.4, 0.5) is 19.0 Å². The first-order valence-electron chi connectivity index (χ1n) is 5.18. The zero-order valence-electron chi connectivity index (χ0n) is 9.42. The van der Waals surface area contributed by atoms with Crippen LogP contribution in [0.15, 0.2) is 12.1 Å². The maximum Gasteiger partial charge on any atom is 0.435 e. The predicted octanol–water partition coefficient (Wildman–Crippen LogP) is 2.33. The molecule has 0 saturated carbocycles. The number of halogens is 3. The normalized spacial score (nSPS) is 11.5. The third-order valence-electron chi connectivity index (χ3n) is 2.04. The Kier molecular flexibility index (Phi) is 5.14. The second kappa shape index (κ2) is 6.39. The van der Waals surface area contributed by atoms with Crippen molar-refractivity contribution in [3.8, 4) is 0 Å². The topological polar surface area (TPSA) is 47.0 Å². The molecule has 17 heavy (non-hydrogen) atoms. The Balaban J connectivity index is 2.36. The molecule has 1 heterocycles. The lowest BCUT2D eigenvalue weighted by molar-refractivity contribution is -0.141. The van der Waals surface area contributed by atoms with Crippen molar-refractivity contribution >= 4 is 5.82 Å². The molecule has 0 saturated heterocycles. The van der Waals surface area contributed by atoms with Crippen LogP contribution in [0.1, 0.15) is 18.5 Å². The summed E-state index contributed by atoms with van der Waals surface area (Å²) in [5.41, 5.74) is -0.984. The van der Waals surface area contributed by atoms with E-state index in [9.17, 15) is 13.2 Å². The number of unbranched alkanes of at least 4 members (excludes halogenated alkanes) is 1. The standard InChI is InChI=1S/C10H14F3N3O/c1-17-7-3-2-6-14-9-5-4-8(15-16-9)10(11,12)13/h4-5H,2-3,6-7H2,1H3,(H,14,16). The lowest BCUT2D eigenvalue weighted by Gasteiger charge is -2.07. The van der Waals surface area contributed by atoms with Crippen molar-refractivity contribution in [2.75, 3.05) is 25.6 Å². The predicted molar refractivity (Wildman–Crippen MR) is 56.6 cm³/mol. The van der Waals surface area contributed by atoms with Crippen molar-refractivity contribution in [1.82, 2.24) is 10.2 Å². The van der Waals surface area contributed by atoms with Gasteiger partial charge in [-0.2, -0.15) is 13.2 Å². The Hall–Kier alpha value is -1.37. The molecule has 0 unspecified atom stereocenters. The van der Waals surface area contributed by atoms with E-state index in [0.717, 1.165) is 18.9 Å². The van der Waals surface area contributed by atoms with Gasteiger partial charge < -0.3 is 10.1 Å². The Labute approximate surface area is 97.2 Å². The zero-order chi connectivity index (χ0) is 12.7. The van der Waals surface area contributed by atoms with E-state index < -0.39 is 11.9 Å². The highest BCUT2D eigenvalue weighted by molar-refractivity contribution is 5.33. The number of ether oxygens (including phenoxy) is 1. The lowest BCUT2D eigenvalue weighted by Crippen LogP contribution is -2.11. The number of alkyl halides is 3. The Morgan fingerprint density at radius 1 is 1.24 bits per heavy atom. The molecular weight excluding hydrogens is 235 g/mol. The molecule has 0 aliphatic carbocycles. The molecule has 1 aromatic rings. The average molecular weight is 249 g/mol. The minimum Gasteiger partial charge on any atom is -0.385 e. The fourth-order valence-electron chi connectivity index (χ4n) is 1.17. The van der Waals surface area contributed by atoms with Crippen LogP contribution in [-0.4, -0.2) is 30.5 Å². The summed E-state index contributed by atoms with van der Waals surface area (Å²) in [6, 6.07) is 2.18. The van der Waals surface area contributed by atoms with Crippen LogP contribution in [-0.2, 0) is 10.9 Å². The van der Waals surface area contributed by atoms with E-state index >= 15 is 0 Å². The molecule has 0 fully saturated rings. The third kappa shape index (κ3) is 4.99. The van der Waals surface area contributed by atoms with Crippen LogP contribution in [0.2, 0.25) is 0 Å². The van der Waals surface area contributed by atoms with Gasteiger partial charge in [-0.25, -0.2) is 0 Å². The van der Waals surface area contributed by atoms with Crippen molar-refractivity contribution in [3.05, 3.63) is 17.8 Å². The van der Waals surface area contributed by atoms with Gasteiger partial charge in [0.05, 0.1) is 0 Å². The van der Waals surface area contributed by atoms with E-state index in [1.807, 2.05) is 0 Å². The molecule has 0 amide bonds. The number of methoxy groups -OCH3 is 1. The van der Waals surface area contributed by atoms with Gasteiger partial charge in [-0.15, -0.1) is 10.2 Å². The first-order valence-corrected chi connectivity index (χ1v) is 5.18. The molecule has 0 radical (unpaired) electrons. The fourth-order valence-corrected chi connectivity index (χ4v) is 1.17. The second-order valence-electron chi connectivity index (χ2n) is 3.43. The number of rotatable bonds is 6. The van der Waals surface area contributed by atoms with Gasteiger partial charge in [-0.1, -0.05) is 0 Å². The minimum atomic E-state index is -4.44. The van der Waals surface area contributed by atoms with Crippen molar-refractivity contribution in [2.45, 2.75) is 19.0 Å². The number of hydrogen-bond acceptors (Lipinski definition) is 4. The van der Waals surface area contributed by atoms with Crippen LogP contribution in [0.3, 0.4) is 0 Å². The summed E-state index contributed by atoms with van der Waals surface area (Å²) in [6.45, 7) is 1.30. The van der Waals surface area contributed by atoms with Crippen LogP contribution >= 0.6 is 0 Å². The van der Waals surface area contributed by atoms with Crippen LogP contribution in [0.5, 0.6) is 0 Å². The molecule has 4 nitrogen and oxygen atoms in total. The van der Waals surface area contributed by atoms with Gasteiger partial charge in [-0.3, -0.25) is 0 Å². The molecule has 0 aliphatic heterocycles. The molecule has 0 atom stereocenters. The highest BCUT2D eigenvalue weighted by Gasteiger charge is 2.32. The maximum absolute atomic E-state index is 12.2. The Morgan fingerprint density at radius 3 is 2.53 bits per heavy atom. The first-order chi connectivity index (χ1) is 8.04. The summed E-state index contributed by atoms with van der Waals surface area (Å²) < 4.78 is 41.4. The Bertz CT molecular complexity index is 327. The lowest BCUT2D eigenvalue weighted by atomic mass is 10.3. The van der Waals surface area contributed by atoms with E-state index in [2.05, 4.69) is 15.5 Å². The van der Waals surface area contributed by atoms with E-state index in [1.165, 1.54) is 6.07 Å². The van der Waals surface area contributed by atoms with Crippen LogP contribution in [0, 0.1) is 0 Å². The number of nitrogens with one attached hydrogen (secondary N) is 1. The highest BCUT2D eigenvalue weighted by atomic mass is 19.4. The van der Waals surface area contributed by atoms with Crippen molar-refractivity contribution in [1.29, 1.82) is 0 Å². The zero-order valence-corrected chi connectivity index (χ0v) is 9.42. The molecular formula is C10H14F3N3O. The van der Waals surface area contributed by atoms with Gasteiger partial charge in [0.2, 0.25) is 0 Å². The fraction of sp³-hybridized carbons (Fsp3) is 0.600. The van der Waals surface area contributed by atoms with Gasteiger partial charge in [0.15, 0.2) is 5.69 Å². The molecule has 1 N–H and O–H groups in total. The van der Waals surface area contributed by atoms with Crippen LogP contribution in [0.25, 0.3) is 0 Å². The van der Waals surface area contributed by atoms with Gasteiger partial charge >= 0.3 is 6.18 Å². The van der Waals surface area contributed by atoms with Gasteiger partial charge in [0, 0.05) is 20.3 Å². The molecule has 1 aromatic heterocycles. The summed E-state index contributed by atoms with van der Waals surface area (Å²) >= 11 is 0. The summed E-state index contributed by atoms with van der Waals surface area (Å²) in [6.07, 6.45) is -2.70. The highest BCUT2D eigenvalue weighted by Crippen LogP contribution is 2.26. The molecule has 0 bridgehead atoms. The number of hydrogen-bond donors (Lipinski definition) is 1. The number of anilines is 1. The number of nitrogens with zero attached hydrogens (tertiary/aromatic N) is 2. The van der Waals surface area contributed by atoms with Crippen molar-refractivity contribution < 1.29 is 17.9 Å². The summed E-state index contributed by atoms with van der Waals surface area (Å²) in [5.74, 6) is 0.343. The quantitative estimate of drug-likeness (QED) is 0.786. The van der Waals surface area contributed by atoms with Gasteiger partial charge in [-0.05, 0) is 25.0 Å². The number of aromatic nitrogens is 2. The van der Waals surface area contributed by atoms with E-state index in [0.29, 0.717) is 19.0 Å². The summed E-state index contributed by atoms with van der Waals surface area (Å²) in [7, 11) is 1.62. The van der Waals surface area contributed by atoms with Gasteiger partial charge in [0.25, 0.3) is 0 Å². The maximum atomic E-state index is 12.2. The third-order valence-corrected chi connectivity index (χ3v) is 2.04. The first kappa shape index (κ1) is 13.7.